The molecule has 2 heterocycles. The van der Waals surface area contributed by atoms with E-state index < -0.39 is 0 Å². The van der Waals surface area contributed by atoms with E-state index >= 15 is 0 Å². The van der Waals surface area contributed by atoms with Crippen molar-refractivity contribution in [1.82, 2.24) is 19.6 Å². The second-order valence-electron chi connectivity index (χ2n) is 3.99. The number of hydrogen-bond acceptors (Lipinski definition) is 5. The normalized spacial score (nSPS) is 10.8. The van der Waals surface area contributed by atoms with E-state index in [1.807, 2.05) is 6.92 Å². The third-order valence-corrected chi connectivity index (χ3v) is 2.77. The third kappa shape index (κ3) is 2.17. The van der Waals surface area contributed by atoms with E-state index in [0.717, 1.165) is 5.69 Å². The molecule has 2 N–H and O–H groups in total. The lowest BCUT2D eigenvalue weighted by Crippen LogP contribution is -2.00. The Morgan fingerprint density at radius 2 is 2.16 bits per heavy atom. The highest BCUT2D eigenvalue weighted by Gasteiger charge is 2.10. The van der Waals surface area contributed by atoms with E-state index in [1.54, 1.807) is 24.3 Å². The number of hydrogen-bond donors (Lipinski definition) is 1. The maximum Gasteiger partial charge on any atom is 0.255 e. The Bertz CT molecular complexity index is 755. The van der Waals surface area contributed by atoms with Gasteiger partial charge in [-0.15, -0.1) is 0 Å². The maximum atomic E-state index is 5.93. The molecule has 0 fully saturated rings. The van der Waals surface area contributed by atoms with E-state index in [4.69, 9.17) is 22.1 Å². The summed E-state index contributed by atoms with van der Waals surface area (Å²) >= 11 is 5.93. The molecule has 0 aliphatic heterocycles. The molecule has 2 aromatic heterocycles. The van der Waals surface area contributed by atoms with E-state index in [9.17, 15) is 0 Å². The summed E-state index contributed by atoms with van der Waals surface area (Å²) in [5.41, 5.74) is 7.12. The number of nitrogens with two attached hydrogens (primary N) is 1. The molecule has 0 saturated carbocycles. The molecule has 0 amide bonds. The molecule has 1 aromatic carbocycles. The molecule has 0 atom stereocenters. The smallest absolute Gasteiger partial charge is 0.255 e. The van der Waals surface area contributed by atoms with Gasteiger partial charge in [0.05, 0.1) is 5.69 Å². The number of halogens is 1. The van der Waals surface area contributed by atoms with Gasteiger partial charge in [0, 0.05) is 22.8 Å². The Morgan fingerprint density at radius 3 is 3.00 bits per heavy atom. The molecule has 7 heteroatoms. The number of anilines is 1. The van der Waals surface area contributed by atoms with Crippen LogP contribution in [0, 0.1) is 6.92 Å². The standard InChI is InChI=1S/C12H10ClN5O/c1-7-4-11(18-12(17-7)15-6-16-18)19-10-5-8(13)2-3-9(10)14/h2-6H,14H2,1H3. The number of rotatable bonds is 2. The minimum absolute atomic E-state index is 0.468. The summed E-state index contributed by atoms with van der Waals surface area (Å²) in [6.07, 6.45) is 1.41. The number of aromatic nitrogens is 4. The second kappa shape index (κ2) is 4.40. The number of nitrogen functional groups attached to an aromatic ring is 1. The fourth-order valence-corrected chi connectivity index (χ4v) is 1.84. The first kappa shape index (κ1) is 11.7. The van der Waals surface area contributed by atoms with Crippen molar-refractivity contribution in [3.8, 4) is 11.6 Å². The summed E-state index contributed by atoms with van der Waals surface area (Å²) in [6.45, 7) is 1.85. The van der Waals surface area contributed by atoms with Gasteiger partial charge < -0.3 is 10.5 Å². The number of nitrogens with zero attached hydrogens (tertiary/aromatic N) is 4. The highest BCUT2D eigenvalue weighted by molar-refractivity contribution is 6.30. The average Bonchev–Trinajstić information content (AvgIpc) is 2.82. The molecular formula is C12H10ClN5O. The summed E-state index contributed by atoms with van der Waals surface area (Å²) in [7, 11) is 0. The Kier molecular flexibility index (Phi) is 2.72. The molecule has 3 aromatic rings. The van der Waals surface area contributed by atoms with Gasteiger partial charge in [-0.2, -0.15) is 14.6 Å². The topological polar surface area (TPSA) is 78.3 Å². The zero-order chi connectivity index (χ0) is 13.4. The number of aryl methyl sites for hydroxylation is 1. The van der Waals surface area contributed by atoms with Gasteiger partial charge in [-0.3, -0.25) is 0 Å². The predicted molar refractivity (Wildman–Crippen MR) is 71.5 cm³/mol. The lowest BCUT2D eigenvalue weighted by Gasteiger charge is -2.10. The Morgan fingerprint density at radius 1 is 1.32 bits per heavy atom. The summed E-state index contributed by atoms with van der Waals surface area (Å²) in [5, 5.41) is 4.60. The van der Waals surface area contributed by atoms with Crippen LogP contribution < -0.4 is 10.5 Å². The van der Waals surface area contributed by atoms with Crippen LogP contribution in [0.5, 0.6) is 11.6 Å². The van der Waals surface area contributed by atoms with Crippen LogP contribution in [-0.2, 0) is 0 Å². The minimum Gasteiger partial charge on any atom is -0.437 e. The van der Waals surface area contributed by atoms with Crippen molar-refractivity contribution >= 4 is 23.1 Å². The molecule has 0 unspecified atom stereocenters. The molecule has 0 aliphatic carbocycles. The molecule has 0 saturated heterocycles. The fraction of sp³-hybridized carbons (Fsp3) is 0.0833. The van der Waals surface area contributed by atoms with Gasteiger partial charge in [0.15, 0.2) is 5.75 Å². The first-order chi connectivity index (χ1) is 9.13. The SMILES string of the molecule is Cc1cc(Oc2cc(Cl)ccc2N)n2ncnc2n1. The van der Waals surface area contributed by atoms with Crippen molar-refractivity contribution in [2.45, 2.75) is 6.92 Å². The number of benzene rings is 1. The van der Waals surface area contributed by atoms with E-state index in [2.05, 4.69) is 15.1 Å². The Balaban J connectivity index is 2.10. The van der Waals surface area contributed by atoms with Crippen LogP contribution in [0.25, 0.3) is 5.78 Å². The van der Waals surface area contributed by atoms with Crippen LogP contribution in [0.3, 0.4) is 0 Å². The summed E-state index contributed by atoms with van der Waals surface area (Å²) in [4.78, 5) is 8.26. The van der Waals surface area contributed by atoms with Gasteiger partial charge in [-0.25, -0.2) is 4.98 Å². The van der Waals surface area contributed by atoms with E-state index in [-0.39, 0.29) is 0 Å². The number of fused-ring (bicyclic) bond motifs is 1. The van der Waals surface area contributed by atoms with Gasteiger partial charge in [-0.1, -0.05) is 11.6 Å². The highest BCUT2D eigenvalue weighted by Crippen LogP contribution is 2.30. The van der Waals surface area contributed by atoms with Gasteiger partial charge >= 0.3 is 0 Å². The first-order valence-electron chi connectivity index (χ1n) is 5.54. The van der Waals surface area contributed by atoms with E-state index in [0.29, 0.717) is 28.1 Å². The minimum atomic E-state index is 0.468. The Hall–Kier alpha value is -2.34. The van der Waals surface area contributed by atoms with Crippen molar-refractivity contribution in [2.24, 2.45) is 0 Å². The third-order valence-electron chi connectivity index (χ3n) is 2.54. The molecular weight excluding hydrogens is 266 g/mol. The van der Waals surface area contributed by atoms with Crippen LogP contribution in [0.4, 0.5) is 5.69 Å². The average molecular weight is 276 g/mol. The highest BCUT2D eigenvalue weighted by atomic mass is 35.5. The van der Waals surface area contributed by atoms with Gasteiger partial charge in [0.1, 0.15) is 6.33 Å². The Labute approximate surface area is 113 Å². The molecule has 0 aliphatic rings. The number of ether oxygens (including phenoxy) is 1. The van der Waals surface area contributed by atoms with Crippen LogP contribution >= 0.6 is 11.6 Å². The van der Waals surface area contributed by atoms with Crippen molar-refractivity contribution in [1.29, 1.82) is 0 Å². The largest absolute Gasteiger partial charge is 0.437 e. The van der Waals surface area contributed by atoms with Gasteiger partial charge in [0.25, 0.3) is 5.78 Å². The second-order valence-corrected chi connectivity index (χ2v) is 4.43. The van der Waals surface area contributed by atoms with Crippen molar-refractivity contribution in [2.75, 3.05) is 5.73 Å². The van der Waals surface area contributed by atoms with E-state index in [1.165, 1.54) is 10.8 Å². The zero-order valence-electron chi connectivity index (χ0n) is 10.0. The molecule has 96 valence electrons. The van der Waals surface area contributed by atoms with Crippen LogP contribution in [0.1, 0.15) is 5.69 Å². The van der Waals surface area contributed by atoms with Crippen LogP contribution in [0.2, 0.25) is 5.02 Å². The fourth-order valence-electron chi connectivity index (χ4n) is 1.68. The van der Waals surface area contributed by atoms with Crippen LogP contribution in [-0.4, -0.2) is 19.6 Å². The molecule has 0 bridgehead atoms. The van der Waals surface area contributed by atoms with Crippen LogP contribution in [0.15, 0.2) is 30.6 Å². The van der Waals surface area contributed by atoms with Crippen molar-refractivity contribution in [3.63, 3.8) is 0 Å². The van der Waals surface area contributed by atoms with Crippen molar-refractivity contribution in [3.05, 3.63) is 41.3 Å². The first-order valence-corrected chi connectivity index (χ1v) is 5.91. The molecule has 19 heavy (non-hydrogen) atoms. The molecule has 0 spiro atoms. The lowest BCUT2D eigenvalue weighted by molar-refractivity contribution is 0.447. The van der Waals surface area contributed by atoms with Gasteiger partial charge in [-0.05, 0) is 19.1 Å². The molecule has 3 rings (SSSR count). The van der Waals surface area contributed by atoms with Crippen molar-refractivity contribution < 1.29 is 4.74 Å². The summed E-state index contributed by atoms with van der Waals surface area (Å²) in [5.74, 6) is 1.42. The predicted octanol–water partition coefficient (Wildman–Crippen LogP) is 2.46. The summed E-state index contributed by atoms with van der Waals surface area (Å²) in [6, 6.07) is 6.79. The molecule has 0 radical (unpaired) electrons. The maximum absolute atomic E-state index is 5.93. The summed E-state index contributed by atoms with van der Waals surface area (Å²) < 4.78 is 7.25. The van der Waals surface area contributed by atoms with Gasteiger partial charge in [0.2, 0.25) is 5.88 Å². The quantitative estimate of drug-likeness (QED) is 0.727. The lowest BCUT2D eigenvalue weighted by atomic mass is 10.3. The molecule has 6 nitrogen and oxygen atoms in total. The monoisotopic (exact) mass is 275 g/mol. The zero-order valence-corrected chi connectivity index (χ0v) is 10.8.